The molecule has 0 spiro atoms. The molecule has 0 radical (unpaired) electrons. The van der Waals surface area contributed by atoms with Gasteiger partial charge in [-0.05, 0) is 36.1 Å². The Labute approximate surface area is 129 Å². The van der Waals surface area contributed by atoms with Gasteiger partial charge in [-0.1, -0.05) is 11.8 Å². The molecule has 4 nitrogen and oxygen atoms in total. The van der Waals surface area contributed by atoms with Crippen molar-refractivity contribution in [1.29, 1.82) is 0 Å². The minimum Gasteiger partial charge on any atom is -0.465 e. The molecule has 0 N–H and O–H groups in total. The minimum atomic E-state index is -0.377. The van der Waals surface area contributed by atoms with Crippen LogP contribution >= 0.6 is 0 Å². The zero-order valence-electron chi connectivity index (χ0n) is 12.5. The van der Waals surface area contributed by atoms with Gasteiger partial charge >= 0.3 is 5.97 Å². The SMILES string of the molecule is COC[C@@H]1C(=O)C[C@@H]1C#CC#Cc1ccc(C(=O)OC)cc1. The van der Waals surface area contributed by atoms with E-state index in [0.717, 1.165) is 5.56 Å². The summed E-state index contributed by atoms with van der Waals surface area (Å²) in [4.78, 5) is 22.7. The van der Waals surface area contributed by atoms with Crippen LogP contribution in [0, 0.1) is 35.5 Å². The first-order valence-corrected chi connectivity index (χ1v) is 6.87. The molecule has 1 aromatic carbocycles. The third kappa shape index (κ3) is 3.75. The molecule has 2 atom stereocenters. The second-order valence-corrected chi connectivity index (χ2v) is 4.93. The molecule has 1 fully saturated rings. The van der Waals surface area contributed by atoms with E-state index in [0.29, 0.717) is 18.6 Å². The molecule has 0 aromatic heterocycles. The highest BCUT2D eigenvalue weighted by Crippen LogP contribution is 2.29. The molecule has 0 bridgehead atoms. The topological polar surface area (TPSA) is 52.6 Å². The number of hydrogen-bond acceptors (Lipinski definition) is 4. The fourth-order valence-electron chi connectivity index (χ4n) is 2.15. The van der Waals surface area contributed by atoms with Gasteiger partial charge in [0.2, 0.25) is 0 Å². The van der Waals surface area contributed by atoms with Crippen molar-refractivity contribution >= 4 is 11.8 Å². The Morgan fingerprint density at radius 1 is 1.23 bits per heavy atom. The van der Waals surface area contributed by atoms with Crippen molar-refractivity contribution in [3.63, 3.8) is 0 Å². The number of Topliss-reactive ketones (excluding diaryl/α,β-unsaturated/α-hetero) is 1. The summed E-state index contributed by atoms with van der Waals surface area (Å²) in [7, 11) is 2.92. The van der Waals surface area contributed by atoms with Crippen LogP contribution in [0.1, 0.15) is 22.3 Å². The number of hydrogen-bond donors (Lipinski definition) is 0. The molecule has 1 aliphatic rings. The van der Waals surface area contributed by atoms with Gasteiger partial charge in [0, 0.05) is 25.0 Å². The predicted octanol–water partition coefficient (Wildman–Crippen LogP) is 1.68. The van der Waals surface area contributed by atoms with E-state index in [4.69, 9.17) is 4.74 Å². The molecule has 0 unspecified atom stereocenters. The third-order valence-electron chi connectivity index (χ3n) is 3.50. The van der Waals surface area contributed by atoms with E-state index in [-0.39, 0.29) is 23.6 Å². The van der Waals surface area contributed by atoms with Crippen LogP contribution in [-0.4, -0.2) is 32.6 Å². The Kier molecular flexibility index (Phi) is 5.36. The molecule has 112 valence electrons. The summed E-state index contributed by atoms with van der Waals surface area (Å²) in [5.41, 5.74) is 1.25. The number of benzene rings is 1. The molecular formula is C18H16O4. The Morgan fingerprint density at radius 3 is 2.55 bits per heavy atom. The quantitative estimate of drug-likeness (QED) is 0.629. The average molecular weight is 296 g/mol. The molecule has 0 saturated heterocycles. The number of ketones is 1. The summed E-state index contributed by atoms with van der Waals surface area (Å²) in [6.45, 7) is 0.417. The Balaban J connectivity index is 1.96. The second kappa shape index (κ2) is 7.45. The van der Waals surface area contributed by atoms with Crippen LogP contribution in [0.2, 0.25) is 0 Å². The normalized spacial score (nSPS) is 19.1. The molecule has 1 saturated carbocycles. The highest BCUT2D eigenvalue weighted by atomic mass is 16.5. The molecule has 0 heterocycles. The van der Waals surface area contributed by atoms with Gasteiger partial charge in [0.25, 0.3) is 0 Å². The van der Waals surface area contributed by atoms with Crippen molar-refractivity contribution in [2.24, 2.45) is 11.8 Å². The zero-order valence-corrected chi connectivity index (χ0v) is 12.5. The molecule has 4 heteroatoms. The number of carbonyl (C=O) groups excluding carboxylic acids is 2. The lowest BCUT2D eigenvalue weighted by Gasteiger charge is -2.30. The van der Waals surface area contributed by atoms with Gasteiger partial charge in [-0.2, -0.15) is 0 Å². The van der Waals surface area contributed by atoms with Crippen molar-refractivity contribution in [2.45, 2.75) is 6.42 Å². The largest absolute Gasteiger partial charge is 0.465 e. The first-order valence-electron chi connectivity index (χ1n) is 6.87. The van der Waals surface area contributed by atoms with Crippen LogP contribution in [0.4, 0.5) is 0 Å². The lowest BCUT2D eigenvalue weighted by molar-refractivity contribution is -0.134. The van der Waals surface area contributed by atoms with E-state index >= 15 is 0 Å². The molecule has 0 aliphatic heterocycles. The smallest absolute Gasteiger partial charge is 0.337 e. The van der Waals surface area contributed by atoms with Gasteiger partial charge in [0.05, 0.1) is 25.2 Å². The fraction of sp³-hybridized carbons (Fsp3) is 0.333. The van der Waals surface area contributed by atoms with E-state index in [1.165, 1.54) is 7.11 Å². The van der Waals surface area contributed by atoms with Gasteiger partial charge < -0.3 is 9.47 Å². The summed E-state index contributed by atoms with van der Waals surface area (Å²) in [6.07, 6.45) is 0.483. The number of methoxy groups -OCH3 is 2. The lowest BCUT2D eigenvalue weighted by Crippen LogP contribution is -2.39. The van der Waals surface area contributed by atoms with Crippen LogP contribution < -0.4 is 0 Å². The van der Waals surface area contributed by atoms with E-state index in [9.17, 15) is 9.59 Å². The molecule has 22 heavy (non-hydrogen) atoms. The van der Waals surface area contributed by atoms with Crippen molar-refractivity contribution in [3.05, 3.63) is 35.4 Å². The highest BCUT2D eigenvalue weighted by molar-refractivity contribution is 5.89. The summed E-state index contributed by atoms with van der Waals surface area (Å²) >= 11 is 0. The lowest BCUT2D eigenvalue weighted by atomic mass is 9.73. The summed E-state index contributed by atoms with van der Waals surface area (Å²) in [6, 6.07) is 6.79. The fourth-order valence-corrected chi connectivity index (χ4v) is 2.15. The minimum absolute atomic E-state index is 0.0449. The van der Waals surface area contributed by atoms with Gasteiger partial charge in [-0.15, -0.1) is 0 Å². The first kappa shape index (κ1) is 15.8. The standard InChI is InChI=1S/C18H16O4/c1-21-12-16-15(11-17(16)19)6-4-3-5-13-7-9-14(10-8-13)18(20)22-2/h7-10,15-16H,11-12H2,1-2H3/t15-,16-/m0/s1. The maximum Gasteiger partial charge on any atom is 0.337 e. The van der Waals surface area contributed by atoms with Crippen molar-refractivity contribution in [3.8, 4) is 23.7 Å². The zero-order chi connectivity index (χ0) is 15.9. The Bertz CT molecular complexity index is 680. The van der Waals surface area contributed by atoms with E-state index < -0.39 is 0 Å². The molecule has 2 rings (SSSR count). The Hall–Kier alpha value is -2.56. The van der Waals surface area contributed by atoms with Crippen molar-refractivity contribution in [2.75, 3.05) is 20.8 Å². The molecule has 0 amide bonds. The Morgan fingerprint density at radius 2 is 1.95 bits per heavy atom. The van der Waals surface area contributed by atoms with Crippen molar-refractivity contribution in [1.82, 2.24) is 0 Å². The van der Waals surface area contributed by atoms with Crippen molar-refractivity contribution < 1.29 is 19.1 Å². The first-order chi connectivity index (χ1) is 10.7. The molecular weight excluding hydrogens is 280 g/mol. The van der Waals surface area contributed by atoms with Gasteiger partial charge in [-0.25, -0.2) is 4.79 Å². The number of ether oxygens (including phenoxy) is 2. The molecule has 1 aromatic rings. The molecule has 1 aliphatic carbocycles. The van der Waals surface area contributed by atoms with E-state index in [1.807, 2.05) is 0 Å². The monoisotopic (exact) mass is 296 g/mol. The number of rotatable bonds is 3. The summed E-state index contributed by atoms with van der Waals surface area (Å²) < 4.78 is 9.62. The number of carbonyl (C=O) groups is 2. The predicted molar refractivity (Wildman–Crippen MR) is 80.9 cm³/mol. The summed E-state index contributed by atoms with van der Waals surface area (Å²) in [5, 5.41) is 0. The third-order valence-corrected chi connectivity index (χ3v) is 3.50. The number of esters is 1. The van der Waals surface area contributed by atoms with Gasteiger partial charge in [0.1, 0.15) is 5.78 Å². The van der Waals surface area contributed by atoms with Crippen LogP contribution in [0.25, 0.3) is 0 Å². The van der Waals surface area contributed by atoms with Crippen LogP contribution in [0.5, 0.6) is 0 Å². The highest BCUT2D eigenvalue weighted by Gasteiger charge is 2.38. The summed E-state index contributed by atoms with van der Waals surface area (Å²) in [5.74, 6) is 11.2. The van der Waals surface area contributed by atoms with Gasteiger partial charge in [-0.3, -0.25) is 4.79 Å². The van der Waals surface area contributed by atoms with Crippen LogP contribution in [0.3, 0.4) is 0 Å². The van der Waals surface area contributed by atoms with Gasteiger partial charge in [0.15, 0.2) is 0 Å². The average Bonchev–Trinajstić information content (AvgIpc) is 2.55. The maximum atomic E-state index is 11.4. The van der Waals surface area contributed by atoms with Crippen LogP contribution in [0.15, 0.2) is 24.3 Å². The maximum absolute atomic E-state index is 11.4. The van der Waals surface area contributed by atoms with E-state index in [1.54, 1.807) is 31.4 Å². The van der Waals surface area contributed by atoms with Crippen LogP contribution in [-0.2, 0) is 14.3 Å². The second-order valence-electron chi connectivity index (χ2n) is 4.93. The van der Waals surface area contributed by atoms with E-state index in [2.05, 4.69) is 28.4 Å².